The molecule has 0 atom stereocenters. The van der Waals surface area contributed by atoms with Crippen LogP contribution in [0.1, 0.15) is 0 Å². The number of hydrogen-bond acceptors (Lipinski definition) is 10. The Bertz CT molecular complexity index is 2220. The Morgan fingerprint density at radius 2 is 1.60 bits per heavy atom. The third-order valence-corrected chi connectivity index (χ3v) is 8.06. The Balaban J connectivity index is 1.03. The third kappa shape index (κ3) is 6.20. The zero-order valence-electron chi connectivity index (χ0n) is 25.9. The maximum Gasteiger partial charge on any atom is 0.246 e. The van der Waals surface area contributed by atoms with Gasteiger partial charge in [0.2, 0.25) is 17.4 Å². The van der Waals surface area contributed by atoms with E-state index in [1.165, 1.54) is 4.68 Å². The molecule has 0 fully saturated rings. The van der Waals surface area contributed by atoms with E-state index >= 15 is 0 Å². The number of anilines is 1. The summed E-state index contributed by atoms with van der Waals surface area (Å²) in [5.41, 5.74) is 6.59. The van der Waals surface area contributed by atoms with Crippen molar-refractivity contribution < 1.29 is 23.5 Å². The molecule has 4 aromatic heterocycles. The summed E-state index contributed by atoms with van der Waals surface area (Å²) in [4.78, 5) is 25.1. The number of carbonyl (C=O) groups is 1. The number of benzene rings is 3. The van der Waals surface area contributed by atoms with Crippen molar-refractivity contribution in [2.24, 2.45) is 0 Å². The van der Waals surface area contributed by atoms with Crippen LogP contribution >= 0.6 is 15.9 Å². The fourth-order valence-electron chi connectivity index (χ4n) is 5.15. The number of ether oxygens (including phenoxy) is 3. The zero-order valence-corrected chi connectivity index (χ0v) is 27.5. The smallest absolute Gasteiger partial charge is 0.246 e. The lowest BCUT2D eigenvalue weighted by Gasteiger charge is -2.13. The van der Waals surface area contributed by atoms with Crippen LogP contribution in [0.15, 0.2) is 94.2 Å². The Kier molecular flexibility index (Phi) is 8.29. The van der Waals surface area contributed by atoms with Gasteiger partial charge in [0.15, 0.2) is 23.0 Å². The summed E-state index contributed by atoms with van der Waals surface area (Å²) in [6.45, 7) is 0.0309. The second-order valence-corrected chi connectivity index (χ2v) is 11.5. The molecule has 0 saturated heterocycles. The fraction of sp³-hybridized carbons (Fsp3) is 0.118. The molecule has 0 aliphatic carbocycles. The highest BCUT2D eigenvalue weighted by Crippen LogP contribution is 2.41. The molecule has 0 unspecified atom stereocenters. The Labute approximate surface area is 282 Å². The number of rotatable bonds is 10. The number of aromatic nitrogens is 7. The molecule has 14 heteroatoms. The number of methoxy groups -OCH3 is 3. The Hall–Kier alpha value is -6.02. The molecule has 240 valence electrons. The monoisotopic (exact) mass is 706 g/mol. The minimum absolute atomic E-state index is 0.0309. The minimum atomic E-state index is -0.219. The second-order valence-electron chi connectivity index (χ2n) is 10.6. The van der Waals surface area contributed by atoms with Crippen molar-refractivity contribution in [2.45, 2.75) is 6.54 Å². The Morgan fingerprint density at radius 3 is 2.31 bits per heavy atom. The molecule has 0 aliphatic rings. The molecule has 0 spiro atoms. The van der Waals surface area contributed by atoms with Gasteiger partial charge in [0.05, 0.1) is 33.0 Å². The first-order valence-electron chi connectivity index (χ1n) is 14.6. The van der Waals surface area contributed by atoms with E-state index in [2.05, 4.69) is 51.7 Å². The first-order valence-corrected chi connectivity index (χ1v) is 15.4. The molecule has 0 aliphatic heterocycles. The van der Waals surface area contributed by atoms with Crippen LogP contribution in [0.25, 0.3) is 56.4 Å². The summed E-state index contributed by atoms with van der Waals surface area (Å²) < 4.78 is 24.5. The summed E-state index contributed by atoms with van der Waals surface area (Å²) in [5.74, 6) is 2.20. The van der Waals surface area contributed by atoms with Crippen LogP contribution in [-0.4, -0.2) is 62.3 Å². The molecule has 0 saturated carbocycles. The number of halogens is 1. The lowest BCUT2D eigenvalue weighted by molar-refractivity contribution is -0.116. The van der Waals surface area contributed by atoms with Crippen LogP contribution in [0.2, 0.25) is 0 Å². The van der Waals surface area contributed by atoms with E-state index in [0.29, 0.717) is 51.6 Å². The van der Waals surface area contributed by atoms with E-state index in [9.17, 15) is 4.79 Å². The van der Waals surface area contributed by atoms with Crippen LogP contribution in [0.5, 0.6) is 17.2 Å². The first-order chi connectivity index (χ1) is 23.4. The lowest BCUT2D eigenvalue weighted by atomic mass is 10.1. The molecular weight excluding hydrogens is 680 g/mol. The van der Waals surface area contributed by atoms with E-state index in [0.717, 1.165) is 32.2 Å². The summed E-state index contributed by atoms with van der Waals surface area (Å²) >= 11 is 3.43. The van der Waals surface area contributed by atoms with Gasteiger partial charge in [0.25, 0.3) is 0 Å². The number of imidazole rings is 1. The van der Waals surface area contributed by atoms with Gasteiger partial charge in [-0.25, -0.2) is 14.6 Å². The van der Waals surface area contributed by atoms with Gasteiger partial charge in [-0.3, -0.25) is 4.79 Å². The number of H-pyrrole nitrogens is 1. The van der Waals surface area contributed by atoms with Crippen molar-refractivity contribution >= 4 is 38.7 Å². The van der Waals surface area contributed by atoms with Gasteiger partial charge in [-0.15, -0.1) is 5.10 Å². The highest BCUT2D eigenvalue weighted by Gasteiger charge is 2.19. The molecule has 4 heterocycles. The van der Waals surface area contributed by atoms with Crippen molar-refractivity contribution in [1.29, 1.82) is 0 Å². The Morgan fingerprint density at radius 1 is 0.875 bits per heavy atom. The molecule has 3 aromatic carbocycles. The predicted molar refractivity (Wildman–Crippen MR) is 182 cm³/mol. The van der Waals surface area contributed by atoms with Crippen LogP contribution in [0.3, 0.4) is 0 Å². The van der Waals surface area contributed by atoms with E-state index in [4.69, 9.17) is 18.7 Å². The summed E-state index contributed by atoms with van der Waals surface area (Å²) in [5, 5.41) is 15.4. The van der Waals surface area contributed by atoms with Gasteiger partial charge in [0, 0.05) is 39.1 Å². The van der Waals surface area contributed by atoms with Gasteiger partial charge in [-0.2, -0.15) is 0 Å². The zero-order chi connectivity index (χ0) is 33.2. The van der Waals surface area contributed by atoms with Crippen molar-refractivity contribution in [1.82, 2.24) is 35.1 Å². The first kappa shape index (κ1) is 30.6. The van der Waals surface area contributed by atoms with Crippen LogP contribution < -0.4 is 19.5 Å². The molecule has 7 rings (SSSR count). The van der Waals surface area contributed by atoms with E-state index in [1.54, 1.807) is 51.9 Å². The highest BCUT2D eigenvalue weighted by atomic mass is 79.9. The number of carbonyl (C=O) groups excluding carboxylic acids is 1. The van der Waals surface area contributed by atoms with Crippen molar-refractivity contribution in [2.75, 3.05) is 26.6 Å². The lowest BCUT2D eigenvalue weighted by Crippen LogP contribution is -2.19. The molecule has 0 radical (unpaired) electrons. The average Bonchev–Trinajstić information content (AvgIpc) is 3.88. The molecule has 13 nitrogen and oxygen atoms in total. The second kappa shape index (κ2) is 13.0. The number of nitrogens with one attached hydrogen (secondary N) is 2. The number of amides is 1. The molecule has 1 amide bonds. The van der Waals surface area contributed by atoms with Crippen LogP contribution in [0, 0.1) is 0 Å². The van der Waals surface area contributed by atoms with Gasteiger partial charge in [0.1, 0.15) is 17.9 Å². The van der Waals surface area contributed by atoms with Crippen LogP contribution in [0.4, 0.5) is 5.69 Å². The summed E-state index contributed by atoms with van der Waals surface area (Å²) in [6.07, 6.45) is 3.49. The fourth-order valence-corrected chi connectivity index (χ4v) is 5.41. The third-order valence-electron chi connectivity index (χ3n) is 7.53. The van der Waals surface area contributed by atoms with E-state index in [1.807, 2.05) is 54.6 Å². The molecular formula is C34H27BrN8O5. The van der Waals surface area contributed by atoms with Crippen molar-refractivity contribution in [3.63, 3.8) is 0 Å². The highest BCUT2D eigenvalue weighted by molar-refractivity contribution is 9.10. The van der Waals surface area contributed by atoms with Crippen molar-refractivity contribution in [3.8, 4) is 62.5 Å². The summed E-state index contributed by atoms with van der Waals surface area (Å²) in [7, 11) is 4.66. The van der Waals surface area contributed by atoms with Crippen LogP contribution in [-0.2, 0) is 11.3 Å². The molecule has 2 N–H and O–H groups in total. The van der Waals surface area contributed by atoms with E-state index in [-0.39, 0.29) is 12.5 Å². The normalized spacial score (nSPS) is 11.1. The molecule has 7 aromatic rings. The molecule has 0 bridgehead atoms. The topological polar surface area (TPSA) is 155 Å². The number of pyridine rings is 1. The quantitative estimate of drug-likeness (QED) is 0.158. The van der Waals surface area contributed by atoms with Gasteiger partial charge >= 0.3 is 0 Å². The van der Waals surface area contributed by atoms with Gasteiger partial charge in [-0.05, 0) is 48.0 Å². The van der Waals surface area contributed by atoms with Crippen molar-refractivity contribution in [3.05, 3.63) is 89.7 Å². The number of hydrogen-bond donors (Lipinski definition) is 2. The summed E-state index contributed by atoms with van der Waals surface area (Å²) in [6, 6.07) is 22.6. The maximum absolute atomic E-state index is 12.7. The van der Waals surface area contributed by atoms with E-state index < -0.39 is 0 Å². The maximum atomic E-state index is 12.7. The predicted octanol–water partition coefficient (Wildman–Crippen LogP) is 6.63. The number of fused-ring (bicyclic) bond motifs is 1. The SMILES string of the molecule is COc1cc(-c2cc(-c3nc4ncc(-c5ccc(NC(=O)Cn6cc(-c7ccc(Br)cc7)nn6)cc5)cc4[nH]3)on2)cc(OC)c1OC. The standard InChI is InChI=1S/C34H27BrN8O5/c1-45-28-13-21(14-29(46-2)32(28)47-3)25-15-30(48-41-25)34-38-26-12-22(16-36-33(26)39-34)19-6-10-24(11-7-19)37-31(44)18-43-17-27(40-42-43)20-4-8-23(35)9-5-20/h4-17H,18H2,1-3H3,(H,37,44)(H,36,38,39). The van der Waals surface area contributed by atoms with Gasteiger partial charge in [-0.1, -0.05) is 50.6 Å². The number of aromatic amines is 1. The largest absolute Gasteiger partial charge is 0.493 e. The number of nitrogens with zero attached hydrogens (tertiary/aromatic N) is 6. The average molecular weight is 708 g/mol. The van der Waals surface area contributed by atoms with Gasteiger partial charge < -0.3 is 29.0 Å². The minimum Gasteiger partial charge on any atom is -0.493 e. The molecule has 48 heavy (non-hydrogen) atoms.